The highest BCUT2D eigenvalue weighted by Gasteiger charge is 2.41. The quantitative estimate of drug-likeness (QED) is 0.649. The molecule has 3 aromatic heterocycles. The van der Waals surface area contributed by atoms with Crippen LogP contribution in [-0.2, 0) is 13.6 Å². The highest BCUT2D eigenvalue weighted by Crippen LogP contribution is 2.44. The van der Waals surface area contributed by atoms with E-state index in [1.54, 1.807) is 23.9 Å². The van der Waals surface area contributed by atoms with Gasteiger partial charge >= 0.3 is 5.69 Å². The maximum atomic E-state index is 13.0. The Hall–Kier alpha value is -2.90. The minimum Gasteiger partial charge on any atom is -0.337 e. The monoisotopic (exact) mass is 452 g/mol. The van der Waals surface area contributed by atoms with Gasteiger partial charge in [-0.15, -0.1) is 0 Å². The zero-order chi connectivity index (χ0) is 24.1. The second-order valence-electron chi connectivity index (χ2n) is 11.4. The molecule has 0 aromatic carbocycles. The highest BCUT2D eigenvalue weighted by molar-refractivity contribution is 5.92. The molecule has 8 nitrogen and oxygen atoms in total. The zero-order valence-corrected chi connectivity index (χ0v) is 20.8. The number of aromatic amines is 1. The molecule has 1 N–H and O–H groups in total. The summed E-state index contributed by atoms with van der Waals surface area (Å²) in [5.74, 6) is 0.182. The number of imidazole rings is 1. The van der Waals surface area contributed by atoms with Crippen molar-refractivity contribution in [3.8, 4) is 0 Å². The predicted molar refractivity (Wildman–Crippen MR) is 129 cm³/mol. The average Bonchev–Trinajstić information content (AvgIpc) is 3.36. The topological polar surface area (TPSA) is 88.8 Å². The summed E-state index contributed by atoms with van der Waals surface area (Å²) in [6.45, 7) is 11.5. The third-order valence-corrected chi connectivity index (χ3v) is 7.12. The number of H-pyrrole nitrogens is 1. The Kier molecular flexibility index (Phi) is 5.75. The summed E-state index contributed by atoms with van der Waals surface area (Å²) < 4.78 is 3.48. The summed E-state index contributed by atoms with van der Waals surface area (Å²) in [5, 5.41) is 6.71. The number of nitrogens with zero attached hydrogens (tertiary/aromatic N) is 5. The molecule has 33 heavy (non-hydrogen) atoms. The summed E-state index contributed by atoms with van der Waals surface area (Å²) in [5.41, 5.74) is 3.06. The van der Waals surface area contributed by atoms with Crippen LogP contribution in [0.3, 0.4) is 0 Å². The van der Waals surface area contributed by atoms with Gasteiger partial charge in [0.15, 0.2) is 5.65 Å². The maximum absolute atomic E-state index is 13.0. The van der Waals surface area contributed by atoms with E-state index >= 15 is 0 Å². The third-order valence-electron chi connectivity index (χ3n) is 7.12. The fourth-order valence-electron chi connectivity index (χ4n) is 5.22. The second kappa shape index (κ2) is 8.15. The van der Waals surface area contributed by atoms with Crippen molar-refractivity contribution in [3.05, 3.63) is 46.3 Å². The number of rotatable bonds is 4. The lowest BCUT2D eigenvalue weighted by molar-refractivity contribution is 0.0392. The molecular formula is C25H36N6O2. The SMILES string of the molecule is CN(C(=O)c1ccn[nH]1)C1CC(c2ccc3c(n2)n(C)c(=O)n3CC(C)(C)C)CCC1(C)C. The number of fused-ring (bicyclic) bond motifs is 1. The van der Waals surface area contributed by atoms with Crippen molar-refractivity contribution < 1.29 is 4.79 Å². The van der Waals surface area contributed by atoms with Crippen molar-refractivity contribution >= 4 is 17.1 Å². The van der Waals surface area contributed by atoms with Crippen molar-refractivity contribution in [2.45, 2.75) is 72.4 Å². The van der Waals surface area contributed by atoms with Crippen LogP contribution in [0.4, 0.5) is 0 Å². The van der Waals surface area contributed by atoms with Gasteiger partial charge in [0.25, 0.3) is 5.91 Å². The predicted octanol–water partition coefficient (Wildman–Crippen LogP) is 3.94. The number of nitrogens with one attached hydrogen (secondary N) is 1. The van der Waals surface area contributed by atoms with Crippen LogP contribution < -0.4 is 5.69 Å². The molecule has 1 fully saturated rings. The zero-order valence-electron chi connectivity index (χ0n) is 20.8. The molecule has 3 aromatic rings. The van der Waals surface area contributed by atoms with E-state index in [1.165, 1.54) is 0 Å². The number of hydrogen-bond acceptors (Lipinski definition) is 4. The fraction of sp³-hybridized carbons (Fsp3) is 0.600. The van der Waals surface area contributed by atoms with Gasteiger partial charge in [0.05, 0.1) is 5.52 Å². The molecule has 1 aliphatic rings. The summed E-state index contributed by atoms with van der Waals surface area (Å²) >= 11 is 0. The second-order valence-corrected chi connectivity index (χ2v) is 11.4. The Morgan fingerprint density at radius 3 is 2.64 bits per heavy atom. The Bertz CT molecular complexity index is 1210. The first-order chi connectivity index (χ1) is 15.4. The van der Waals surface area contributed by atoms with Crippen LogP contribution in [-0.4, -0.2) is 48.2 Å². The molecule has 0 bridgehead atoms. The summed E-state index contributed by atoms with van der Waals surface area (Å²) in [6, 6.07) is 5.89. The summed E-state index contributed by atoms with van der Waals surface area (Å²) in [4.78, 5) is 32.7. The molecule has 4 rings (SSSR count). The van der Waals surface area contributed by atoms with Crippen LogP contribution in [0.15, 0.2) is 29.2 Å². The van der Waals surface area contributed by atoms with Gasteiger partial charge in [-0.25, -0.2) is 9.78 Å². The third kappa shape index (κ3) is 4.35. The van der Waals surface area contributed by atoms with Gasteiger partial charge in [-0.3, -0.25) is 19.0 Å². The van der Waals surface area contributed by atoms with Crippen molar-refractivity contribution in [2.75, 3.05) is 7.05 Å². The molecule has 0 aliphatic heterocycles. The van der Waals surface area contributed by atoms with Crippen LogP contribution in [0.25, 0.3) is 11.2 Å². The van der Waals surface area contributed by atoms with Crippen LogP contribution in [0.2, 0.25) is 0 Å². The standard InChI is InChI=1S/C25H36N6O2/c1-24(2,3)15-31-19-9-8-17(27-21(19)30(7)23(31)33)16-10-12-25(4,5)20(14-16)29(6)22(32)18-11-13-26-28-18/h8-9,11,13,16,20H,10,12,14-15H2,1-7H3,(H,26,28). The van der Waals surface area contributed by atoms with Crippen LogP contribution >= 0.6 is 0 Å². The first-order valence-corrected chi connectivity index (χ1v) is 11.7. The van der Waals surface area contributed by atoms with Gasteiger partial charge in [0.2, 0.25) is 0 Å². The first-order valence-electron chi connectivity index (χ1n) is 11.7. The van der Waals surface area contributed by atoms with E-state index in [0.717, 1.165) is 36.1 Å². The lowest BCUT2D eigenvalue weighted by atomic mass is 9.68. The van der Waals surface area contributed by atoms with Crippen molar-refractivity contribution in [3.63, 3.8) is 0 Å². The Labute approximate surface area is 195 Å². The van der Waals surface area contributed by atoms with E-state index in [9.17, 15) is 9.59 Å². The molecular weight excluding hydrogens is 416 g/mol. The number of carbonyl (C=O) groups excluding carboxylic acids is 1. The Morgan fingerprint density at radius 1 is 1.27 bits per heavy atom. The Morgan fingerprint density at radius 2 is 2.00 bits per heavy atom. The molecule has 1 aliphatic carbocycles. The van der Waals surface area contributed by atoms with Gasteiger partial charge in [-0.05, 0) is 48.3 Å². The summed E-state index contributed by atoms with van der Waals surface area (Å²) in [7, 11) is 3.68. The molecule has 0 spiro atoms. The normalized spacial score (nSPS) is 20.8. The number of hydrogen-bond donors (Lipinski definition) is 1. The van der Waals surface area contributed by atoms with E-state index < -0.39 is 0 Å². The van der Waals surface area contributed by atoms with Gasteiger partial charge < -0.3 is 4.90 Å². The largest absolute Gasteiger partial charge is 0.337 e. The van der Waals surface area contributed by atoms with E-state index in [4.69, 9.17) is 4.98 Å². The molecule has 178 valence electrons. The fourth-order valence-corrected chi connectivity index (χ4v) is 5.22. The van der Waals surface area contributed by atoms with Crippen LogP contribution in [0.1, 0.15) is 76.0 Å². The number of aromatic nitrogens is 5. The molecule has 2 atom stereocenters. The minimum absolute atomic E-state index is 0.00603. The minimum atomic E-state index is -0.0451. The number of pyridine rings is 1. The highest BCUT2D eigenvalue weighted by atomic mass is 16.2. The Balaban J connectivity index is 1.65. The maximum Gasteiger partial charge on any atom is 0.330 e. The van der Waals surface area contributed by atoms with E-state index in [2.05, 4.69) is 50.9 Å². The molecule has 3 heterocycles. The van der Waals surface area contributed by atoms with E-state index in [-0.39, 0.29) is 34.4 Å². The van der Waals surface area contributed by atoms with Gasteiger partial charge in [0.1, 0.15) is 5.69 Å². The molecule has 8 heteroatoms. The van der Waals surface area contributed by atoms with Gasteiger partial charge in [-0.1, -0.05) is 34.6 Å². The van der Waals surface area contributed by atoms with Crippen LogP contribution in [0, 0.1) is 10.8 Å². The van der Waals surface area contributed by atoms with Gasteiger partial charge in [-0.2, -0.15) is 5.10 Å². The molecule has 0 saturated heterocycles. The van der Waals surface area contributed by atoms with Crippen molar-refractivity contribution in [1.82, 2.24) is 29.2 Å². The number of aryl methyl sites for hydroxylation is 1. The lowest BCUT2D eigenvalue weighted by Gasteiger charge is -2.46. The lowest BCUT2D eigenvalue weighted by Crippen LogP contribution is -2.49. The average molecular weight is 453 g/mol. The van der Waals surface area contributed by atoms with Crippen LogP contribution in [0.5, 0.6) is 0 Å². The van der Waals surface area contributed by atoms with E-state index in [1.807, 2.05) is 22.6 Å². The summed E-state index contributed by atoms with van der Waals surface area (Å²) in [6.07, 6.45) is 4.43. The van der Waals surface area contributed by atoms with E-state index in [0.29, 0.717) is 12.2 Å². The van der Waals surface area contributed by atoms with Crippen molar-refractivity contribution in [1.29, 1.82) is 0 Å². The van der Waals surface area contributed by atoms with Gasteiger partial charge in [0, 0.05) is 44.5 Å². The molecule has 1 amide bonds. The molecule has 2 unspecified atom stereocenters. The molecule has 0 radical (unpaired) electrons. The number of carbonyl (C=O) groups is 1. The molecule has 1 saturated carbocycles. The smallest absolute Gasteiger partial charge is 0.330 e. The first kappa shape index (κ1) is 23.3. The number of amides is 1. The van der Waals surface area contributed by atoms with Crippen molar-refractivity contribution in [2.24, 2.45) is 17.9 Å².